The van der Waals surface area contributed by atoms with Crippen molar-refractivity contribution in [2.24, 2.45) is 23.2 Å². The number of fused-ring (bicyclic) bond motifs is 8. The number of benzene rings is 1. The highest BCUT2D eigenvalue weighted by atomic mass is 16.1. The van der Waals surface area contributed by atoms with E-state index >= 15 is 0 Å². The van der Waals surface area contributed by atoms with Crippen molar-refractivity contribution in [3.8, 4) is 11.3 Å². The molecule has 4 aliphatic rings. The van der Waals surface area contributed by atoms with Crippen LogP contribution in [-0.2, 0) is 16.6 Å². The molecule has 1 N–H and O–H groups in total. The zero-order chi connectivity index (χ0) is 24.8. The fourth-order valence-electron chi connectivity index (χ4n) is 8.67. The summed E-state index contributed by atoms with van der Waals surface area (Å²) in [6.45, 7) is 4.93. The number of carbonyl (C=O) groups is 1. The van der Waals surface area contributed by atoms with Crippen molar-refractivity contribution in [1.29, 1.82) is 0 Å². The monoisotopic (exact) mass is 484 g/mol. The largest absolute Gasteiger partial charge is 0.378 e. The van der Waals surface area contributed by atoms with Crippen LogP contribution in [0.1, 0.15) is 63.6 Å². The normalized spacial score (nSPS) is 34.9. The molecule has 2 aromatic heterocycles. The maximum Gasteiger partial charge on any atom is 0.252 e. The number of nitrogens with one attached hydrogen (secondary N) is 1. The lowest BCUT2D eigenvalue weighted by Crippen LogP contribution is -2.61. The lowest BCUT2D eigenvalue weighted by molar-refractivity contribution is -0.134. The maximum absolute atomic E-state index is 12.2. The number of anilines is 1. The molecule has 3 fully saturated rings. The van der Waals surface area contributed by atoms with Gasteiger partial charge in [0.1, 0.15) is 6.33 Å². The summed E-state index contributed by atoms with van der Waals surface area (Å²) in [5, 5.41) is 7.98. The van der Waals surface area contributed by atoms with E-state index in [2.05, 4.69) is 72.5 Å². The molecule has 3 aliphatic carbocycles. The van der Waals surface area contributed by atoms with Gasteiger partial charge in [0.05, 0.1) is 11.4 Å². The standard InChI is InChI=1S/C29H36N6O/c1-28-14-12-24(36)32-23(28)10-9-19-21(28)11-13-29(2)22(19)15-20-25(17-5-7-18(8-6-17)34(3)4)35-27(30-16-31-35)33-26(20)29/h5-8,16,19,21-23H,9-15H2,1-4H3,(H,32,36)/t19-,21+,22+,23-,28-,29+/m1/s1. The summed E-state index contributed by atoms with van der Waals surface area (Å²) >= 11 is 0. The molecule has 0 spiro atoms. The zero-order valence-electron chi connectivity index (χ0n) is 21.8. The van der Waals surface area contributed by atoms with Crippen LogP contribution in [0.15, 0.2) is 30.6 Å². The van der Waals surface area contributed by atoms with E-state index in [-0.39, 0.29) is 16.7 Å². The van der Waals surface area contributed by atoms with E-state index in [1.165, 1.54) is 35.3 Å². The van der Waals surface area contributed by atoms with Crippen molar-refractivity contribution < 1.29 is 4.79 Å². The summed E-state index contributed by atoms with van der Waals surface area (Å²) in [5.74, 6) is 2.85. The highest BCUT2D eigenvalue weighted by Gasteiger charge is 2.60. The Balaban J connectivity index is 1.33. The number of carbonyl (C=O) groups excluding carboxylic acids is 1. The molecule has 188 valence electrons. The van der Waals surface area contributed by atoms with E-state index in [0.717, 1.165) is 31.4 Å². The minimum absolute atomic E-state index is 0.0592. The van der Waals surface area contributed by atoms with Gasteiger partial charge in [-0.1, -0.05) is 26.0 Å². The van der Waals surface area contributed by atoms with Gasteiger partial charge in [-0.15, -0.1) is 0 Å². The van der Waals surface area contributed by atoms with Crippen molar-refractivity contribution in [2.75, 3.05) is 19.0 Å². The van der Waals surface area contributed by atoms with Crippen molar-refractivity contribution >= 4 is 17.4 Å². The molecule has 7 heteroatoms. The molecule has 1 amide bonds. The van der Waals surface area contributed by atoms with Gasteiger partial charge in [-0.2, -0.15) is 14.6 Å². The smallest absolute Gasteiger partial charge is 0.252 e. The summed E-state index contributed by atoms with van der Waals surface area (Å²) in [7, 11) is 4.15. The lowest BCUT2D eigenvalue weighted by Gasteiger charge is -2.59. The van der Waals surface area contributed by atoms with Crippen LogP contribution in [0.2, 0.25) is 0 Å². The summed E-state index contributed by atoms with van der Waals surface area (Å²) < 4.78 is 1.95. The van der Waals surface area contributed by atoms with Crippen molar-refractivity contribution in [3.05, 3.63) is 41.9 Å². The topological polar surface area (TPSA) is 75.4 Å². The average molecular weight is 485 g/mol. The van der Waals surface area contributed by atoms with Gasteiger partial charge in [-0.3, -0.25) is 4.79 Å². The Hall–Kier alpha value is -2.96. The number of hydrogen-bond donors (Lipinski definition) is 1. The average Bonchev–Trinajstić information content (AvgIpc) is 3.45. The molecule has 2 saturated carbocycles. The number of nitrogens with zero attached hydrogens (tertiary/aromatic N) is 5. The summed E-state index contributed by atoms with van der Waals surface area (Å²) in [4.78, 5) is 24.0. The van der Waals surface area contributed by atoms with E-state index in [1.54, 1.807) is 6.33 Å². The molecule has 3 aromatic rings. The molecular weight excluding hydrogens is 448 g/mol. The Bertz CT molecular complexity index is 1360. The van der Waals surface area contributed by atoms with Gasteiger partial charge in [0, 0.05) is 48.8 Å². The number of piperidine rings is 1. The highest BCUT2D eigenvalue weighted by molar-refractivity contribution is 5.77. The van der Waals surface area contributed by atoms with E-state index in [0.29, 0.717) is 36.0 Å². The van der Waals surface area contributed by atoms with Crippen LogP contribution in [0.3, 0.4) is 0 Å². The molecule has 0 radical (unpaired) electrons. The first-order chi connectivity index (χ1) is 17.3. The van der Waals surface area contributed by atoms with Gasteiger partial charge >= 0.3 is 0 Å². The summed E-state index contributed by atoms with van der Waals surface area (Å²) in [5.41, 5.74) is 6.41. The first-order valence-corrected chi connectivity index (χ1v) is 13.6. The zero-order valence-corrected chi connectivity index (χ0v) is 21.8. The predicted octanol–water partition coefficient (Wildman–Crippen LogP) is 4.39. The number of aromatic nitrogens is 4. The third-order valence-corrected chi connectivity index (χ3v) is 10.6. The molecule has 1 saturated heterocycles. The number of hydrogen-bond acceptors (Lipinski definition) is 5. The molecule has 3 heterocycles. The quantitative estimate of drug-likeness (QED) is 0.584. The Morgan fingerprint density at radius 1 is 1.06 bits per heavy atom. The van der Waals surface area contributed by atoms with E-state index in [9.17, 15) is 4.79 Å². The number of rotatable bonds is 2. The lowest BCUT2D eigenvalue weighted by atomic mass is 9.47. The molecule has 0 bridgehead atoms. The van der Waals surface area contributed by atoms with Gasteiger partial charge < -0.3 is 10.2 Å². The van der Waals surface area contributed by atoms with E-state index < -0.39 is 0 Å². The van der Waals surface area contributed by atoms with Crippen LogP contribution in [0.5, 0.6) is 0 Å². The molecule has 1 aromatic carbocycles. The van der Waals surface area contributed by atoms with Crippen LogP contribution >= 0.6 is 0 Å². The van der Waals surface area contributed by atoms with E-state index in [4.69, 9.17) is 4.98 Å². The fourth-order valence-corrected chi connectivity index (χ4v) is 8.67. The maximum atomic E-state index is 12.2. The van der Waals surface area contributed by atoms with Crippen molar-refractivity contribution in [1.82, 2.24) is 24.9 Å². The minimum Gasteiger partial charge on any atom is -0.378 e. The van der Waals surface area contributed by atoms with Crippen LogP contribution in [0.25, 0.3) is 17.0 Å². The Kier molecular flexibility index (Phi) is 4.65. The van der Waals surface area contributed by atoms with Gasteiger partial charge in [0.15, 0.2) is 0 Å². The summed E-state index contributed by atoms with van der Waals surface area (Å²) in [6, 6.07) is 9.14. The summed E-state index contributed by atoms with van der Waals surface area (Å²) in [6.07, 6.45) is 9.05. The van der Waals surface area contributed by atoms with E-state index in [1.807, 2.05) is 4.52 Å². The molecule has 1 aliphatic heterocycles. The predicted molar refractivity (Wildman–Crippen MR) is 140 cm³/mol. The first-order valence-electron chi connectivity index (χ1n) is 13.6. The molecule has 7 nitrogen and oxygen atoms in total. The second kappa shape index (κ2) is 7.53. The van der Waals surface area contributed by atoms with Crippen molar-refractivity contribution in [3.63, 3.8) is 0 Å². The third kappa shape index (κ3) is 2.91. The number of amides is 1. The highest BCUT2D eigenvalue weighted by Crippen LogP contribution is 2.63. The Labute approximate surface area is 212 Å². The van der Waals surface area contributed by atoms with Crippen LogP contribution in [0.4, 0.5) is 5.69 Å². The SMILES string of the molecule is CN(C)c1ccc(-c2c3c(nc4ncnn24)[C@@]2(C)CC[C@H]4[C@@H](CC[C@H]5NC(=O)CC[C@@]54C)[C@@H]2C3)cc1. The van der Waals surface area contributed by atoms with Crippen LogP contribution < -0.4 is 10.2 Å². The van der Waals surface area contributed by atoms with Crippen molar-refractivity contribution in [2.45, 2.75) is 70.3 Å². The fraction of sp³-hybridized carbons (Fsp3) is 0.586. The second-order valence-electron chi connectivity index (χ2n) is 12.4. The minimum atomic E-state index is 0.0592. The van der Waals surface area contributed by atoms with Crippen LogP contribution in [0, 0.1) is 23.2 Å². The van der Waals surface area contributed by atoms with Gasteiger partial charge in [0.25, 0.3) is 5.78 Å². The first kappa shape index (κ1) is 22.3. The Morgan fingerprint density at radius 3 is 2.64 bits per heavy atom. The van der Waals surface area contributed by atoms with Gasteiger partial charge in [-0.05, 0) is 73.8 Å². The Morgan fingerprint density at radius 2 is 1.86 bits per heavy atom. The molecular formula is C29H36N6O. The molecule has 6 atom stereocenters. The second-order valence-corrected chi connectivity index (χ2v) is 12.4. The van der Waals surface area contributed by atoms with Crippen LogP contribution in [-0.4, -0.2) is 45.6 Å². The molecule has 7 rings (SSSR count). The third-order valence-electron chi connectivity index (χ3n) is 10.6. The van der Waals surface area contributed by atoms with Gasteiger partial charge in [-0.25, -0.2) is 4.98 Å². The molecule has 0 unspecified atom stereocenters. The molecule has 36 heavy (non-hydrogen) atoms. The van der Waals surface area contributed by atoms with Gasteiger partial charge in [0.2, 0.25) is 5.91 Å².